The van der Waals surface area contributed by atoms with E-state index in [2.05, 4.69) is 4.98 Å². The fourth-order valence-electron chi connectivity index (χ4n) is 3.48. The molecule has 0 aliphatic carbocycles. The van der Waals surface area contributed by atoms with Gasteiger partial charge in [0.2, 0.25) is 0 Å². The summed E-state index contributed by atoms with van der Waals surface area (Å²) in [4.78, 5) is 34.7. The van der Waals surface area contributed by atoms with E-state index in [1.807, 2.05) is 40.1 Å². The number of carbonyl (C=O) groups is 2. The summed E-state index contributed by atoms with van der Waals surface area (Å²) < 4.78 is 0. The van der Waals surface area contributed by atoms with Crippen molar-refractivity contribution in [2.75, 3.05) is 26.2 Å². The quantitative estimate of drug-likeness (QED) is 0.832. The van der Waals surface area contributed by atoms with E-state index in [1.165, 1.54) is 11.3 Å². The Morgan fingerprint density at radius 1 is 0.880 bits per heavy atom. The smallest absolute Gasteiger partial charge is 0.282 e. The van der Waals surface area contributed by atoms with Gasteiger partial charge < -0.3 is 9.80 Å². The monoisotopic (exact) mass is 355 g/mol. The zero-order chi connectivity index (χ0) is 17.2. The third-order valence-electron chi connectivity index (χ3n) is 4.89. The summed E-state index contributed by atoms with van der Waals surface area (Å²) >= 11 is 1.51. The second-order valence-corrected chi connectivity index (χ2v) is 7.63. The van der Waals surface area contributed by atoms with Crippen LogP contribution in [0.1, 0.15) is 43.6 Å². The van der Waals surface area contributed by atoms with E-state index < -0.39 is 0 Å². The molecule has 0 spiro atoms. The first-order valence-corrected chi connectivity index (χ1v) is 9.66. The van der Waals surface area contributed by atoms with Crippen LogP contribution in [0, 0.1) is 0 Å². The van der Waals surface area contributed by atoms with E-state index in [9.17, 15) is 9.59 Å². The molecule has 4 rings (SSSR count). The molecule has 2 aliphatic heterocycles. The SMILES string of the molecule is O=C(c1ccccc1)N1CCc2nc(C(=O)N3CCCC3)sc2CC1. The van der Waals surface area contributed by atoms with Gasteiger partial charge in [-0.2, -0.15) is 0 Å². The molecular weight excluding hydrogens is 334 g/mol. The molecule has 1 fully saturated rings. The summed E-state index contributed by atoms with van der Waals surface area (Å²) in [5, 5.41) is 0.620. The minimum absolute atomic E-state index is 0.0733. The van der Waals surface area contributed by atoms with Gasteiger partial charge in [-0.15, -0.1) is 11.3 Å². The molecule has 3 heterocycles. The maximum Gasteiger partial charge on any atom is 0.282 e. The molecule has 130 valence electrons. The van der Waals surface area contributed by atoms with E-state index in [0.717, 1.165) is 54.9 Å². The Labute approximate surface area is 151 Å². The number of likely N-dealkylation sites (tertiary alicyclic amines) is 1. The number of rotatable bonds is 2. The van der Waals surface area contributed by atoms with E-state index in [1.54, 1.807) is 0 Å². The Balaban J connectivity index is 1.45. The Hall–Kier alpha value is -2.21. The average molecular weight is 355 g/mol. The lowest BCUT2D eigenvalue weighted by Gasteiger charge is -2.20. The highest BCUT2D eigenvalue weighted by atomic mass is 32.1. The molecule has 1 saturated heterocycles. The number of thiazole rings is 1. The lowest BCUT2D eigenvalue weighted by Crippen LogP contribution is -2.33. The molecule has 25 heavy (non-hydrogen) atoms. The Morgan fingerprint density at radius 2 is 1.56 bits per heavy atom. The van der Waals surface area contributed by atoms with Crippen LogP contribution >= 0.6 is 11.3 Å². The molecule has 6 heteroatoms. The van der Waals surface area contributed by atoms with Crippen molar-refractivity contribution in [3.63, 3.8) is 0 Å². The molecule has 0 N–H and O–H groups in total. The van der Waals surface area contributed by atoms with Crippen LogP contribution in [0.4, 0.5) is 0 Å². The summed E-state index contributed by atoms with van der Waals surface area (Å²) in [7, 11) is 0. The van der Waals surface area contributed by atoms with Gasteiger partial charge in [-0.1, -0.05) is 18.2 Å². The molecule has 0 unspecified atom stereocenters. The summed E-state index contributed by atoms with van der Waals surface area (Å²) in [5.41, 5.74) is 1.72. The van der Waals surface area contributed by atoms with Crippen molar-refractivity contribution < 1.29 is 9.59 Å². The second-order valence-electron chi connectivity index (χ2n) is 6.55. The number of benzene rings is 1. The van der Waals surface area contributed by atoms with Crippen LogP contribution in [0.5, 0.6) is 0 Å². The summed E-state index contributed by atoms with van der Waals surface area (Å²) in [6.07, 6.45) is 3.68. The first-order chi connectivity index (χ1) is 12.2. The Morgan fingerprint density at radius 3 is 2.32 bits per heavy atom. The maximum atomic E-state index is 12.6. The summed E-state index contributed by atoms with van der Waals surface area (Å²) in [6, 6.07) is 9.40. The molecule has 0 saturated carbocycles. The van der Waals surface area contributed by atoms with Gasteiger partial charge in [-0.3, -0.25) is 9.59 Å². The molecular formula is C19H21N3O2S. The van der Waals surface area contributed by atoms with Crippen LogP contribution in [-0.4, -0.2) is 52.8 Å². The van der Waals surface area contributed by atoms with Crippen LogP contribution in [0.2, 0.25) is 0 Å². The minimum Gasteiger partial charge on any atom is -0.338 e. The largest absolute Gasteiger partial charge is 0.338 e. The summed E-state index contributed by atoms with van der Waals surface area (Å²) in [6.45, 7) is 3.03. The molecule has 2 aliphatic rings. The van der Waals surface area contributed by atoms with Crippen molar-refractivity contribution >= 4 is 23.2 Å². The Bertz CT molecular complexity index is 756. The van der Waals surface area contributed by atoms with Crippen LogP contribution in [-0.2, 0) is 12.8 Å². The van der Waals surface area contributed by atoms with Crippen LogP contribution in [0.15, 0.2) is 30.3 Å². The van der Waals surface area contributed by atoms with Gasteiger partial charge in [-0.05, 0) is 25.0 Å². The first-order valence-electron chi connectivity index (χ1n) is 8.84. The number of fused-ring (bicyclic) bond motifs is 1. The molecule has 2 amide bonds. The van der Waals surface area contributed by atoms with Gasteiger partial charge in [0.05, 0.1) is 5.69 Å². The van der Waals surface area contributed by atoms with Gasteiger partial charge >= 0.3 is 0 Å². The number of amides is 2. The summed E-state index contributed by atoms with van der Waals surface area (Å²) in [5.74, 6) is 0.150. The predicted molar refractivity (Wildman–Crippen MR) is 97.0 cm³/mol. The molecule has 1 aromatic carbocycles. The highest BCUT2D eigenvalue weighted by Crippen LogP contribution is 2.25. The predicted octanol–water partition coefficient (Wildman–Crippen LogP) is 2.62. The highest BCUT2D eigenvalue weighted by Gasteiger charge is 2.26. The molecule has 0 radical (unpaired) electrons. The van der Waals surface area contributed by atoms with Crippen molar-refractivity contribution in [2.45, 2.75) is 25.7 Å². The second kappa shape index (κ2) is 6.96. The molecule has 0 atom stereocenters. The maximum absolute atomic E-state index is 12.6. The number of hydrogen-bond donors (Lipinski definition) is 0. The zero-order valence-electron chi connectivity index (χ0n) is 14.1. The minimum atomic E-state index is 0.0733. The van der Waals surface area contributed by atoms with Crippen molar-refractivity contribution in [1.29, 1.82) is 0 Å². The normalized spacial score (nSPS) is 17.3. The van der Waals surface area contributed by atoms with Crippen molar-refractivity contribution in [1.82, 2.24) is 14.8 Å². The van der Waals surface area contributed by atoms with E-state index in [4.69, 9.17) is 0 Å². The fourth-order valence-corrected chi connectivity index (χ4v) is 4.54. The van der Waals surface area contributed by atoms with Crippen molar-refractivity contribution in [3.05, 3.63) is 51.5 Å². The molecule has 5 nitrogen and oxygen atoms in total. The first kappa shape index (κ1) is 16.3. The Kier molecular flexibility index (Phi) is 4.53. The van der Waals surface area contributed by atoms with Crippen LogP contribution in [0.3, 0.4) is 0 Å². The number of aromatic nitrogens is 1. The third-order valence-corrected chi connectivity index (χ3v) is 6.04. The third kappa shape index (κ3) is 3.31. The van der Waals surface area contributed by atoms with E-state index in [0.29, 0.717) is 18.1 Å². The standard InChI is InChI=1S/C19H21N3O2S/c23-18(14-6-2-1-3-7-14)22-12-8-15-16(9-13-22)25-17(20-15)19(24)21-10-4-5-11-21/h1-3,6-7H,4-5,8-13H2. The van der Waals surface area contributed by atoms with Gasteiger partial charge in [-0.25, -0.2) is 4.98 Å². The zero-order valence-corrected chi connectivity index (χ0v) is 14.9. The lowest BCUT2D eigenvalue weighted by molar-refractivity contribution is 0.0759. The van der Waals surface area contributed by atoms with Crippen LogP contribution in [0.25, 0.3) is 0 Å². The molecule has 1 aromatic heterocycles. The topological polar surface area (TPSA) is 53.5 Å². The number of hydrogen-bond acceptors (Lipinski definition) is 4. The van der Waals surface area contributed by atoms with Gasteiger partial charge in [0, 0.05) is 49.5 Å². The van der Waals surface area contributed by atoms with Gasteiger partial charge in [0.15, 0.2) is 5.01 Å². The number of nitrogens with zero attached hydrogens (tertiary/aromatic N) is 3. The number of carbonyl (C=O) groups excluding carboxylic acids is 2. The van der Waals surface area contributed by atoms with Crippen molar-refractivity contribution in [2.24, 2.45) is 0 Å². The molecule has 0 bridgehead atoms. The van der Waals surface area contributed by atoms with Crippen molar-refractivity contribution in [3.8, 4) is 0 Å². The van der Waals surface area contributed by atoms with Gasteiger partial charge in [0.1, 0.15) is 0 Å². The highest BCUT2D eigenvalue weighted by molar-refractivity contribution is 7.13. The van der Waals surface area contributed by atoms with E-state index >= 15 is 0 Å². The average Bonchev–Trinajstić information content (AvgIpc) is 3.28. The van der Waals surface area contributed by atoms with E-state index in [-0.39, 0.29) is 11.8 Å². The lowest BCUT2D eigenvalue weighted by atomic mass is 10.2. The fraction of sp³-hybridized carbons (Fsp3) is 0.421. The van der Waals surface area contributed by atoms with Crippen LogP contribution < -0.4 is 0 Å². The molecule has 2 aromatic rings. The van der Waals surface area contributed by atoms with Gasteiger partial charge in [0.25, 0.3) is 11.8 Å².